The number of carbonyl (C=O) groups is 2. The molecule has 3 atom stereocenters. The number of rotatable bonds is 7. The van der Waals surface area contributed by atoms with Crippen molar-refractivity contribution < 1.29 is 19.4 Å². The lowest BCUT2D eigenvalue weighted by molar-refractivity contribution is -0.131. The Morgan fingerprint density at radius 2 is 1.62 bits per heavy atom. The number of aromatic nitrogens is 1. The van der Waals surface area contributed by atoms with Gasteiger partial charge in [-0.1, -0.05) is 50.6 Å². The topological polar surface area (TPSA) is 101 Å². The molecule has 7 heteroatoms. The van der Waals surface area contributed by atoms with Gasteiger partial charge in [-0.3, -0.25) is 9.78 Å². The van der Waals surface area contributed by atoms with Gasteiger partial charge in [-0.15, -0.1) is 0 Å². The van der Waals surface area contributed by atoms with Crippen molar-refractivity contribution in [1.29, 1.82) is 0 Å². The highest BCUT2D eigenvalue weighted by Crippen LogP contribution is 2.10. The Kier molecular flexibility index (Phi) is 11.0. The second-order valence-corrected chi connectivity index (χ2v) is 6.66. The van der Waals surface area contributed by atoms with E-state index in [1.54, 1.807) is 31.5 Å². The SMILES string of the molecule is CC(NC(=O)C(O)C(C)NC(=O)OCc1ccccc1)c1ccncc1.CCC. The molecule has 2 aromatic rings. The highest BCUT2D eigenvalue weighted by molar-refractivity contribution is 5.82. The molecule has 1 heterocycles. The molecule has 0 fully saturated rings. The van der Waals surface area contributed by atoms with Gasteiger partial charge >= 0.3 is 6.09 Å². The third-order valence-electron chi connectivity index (χ3n) is 3.87. The minimum Gasteiger partial charge on any atom is -0.445 e. The van der Waals surface area contributed by atoms with Crippen molar-refractivity contribution >= 4 is 12.0 Å². The summed E-state index contributed by atoms with van der Waals surface area (Å²) in [6, 6.07) is 11.7. The van der Waals surface area contributed by atoms with E-state index in [9.17, 15) is 14.7 Å². The number of nitrogens with one attached hydrogen (secondary N) is 2. The minimum atomic E-state index is -1.40. The van der Waals surface area contributed by atoms with Crippen molar-refractivity contribution in [2.24, 2.45) is 0 Å². The van der Waals surface area contributed by atoms with E-state index in [-0.39, 0.29) is 12.6 Å². The van der Waals surface area contributed by atoms with E-state index in [1.807, 2.05) is 30.3 Å². The summed E-state index contributed by atoms with van der Waals surface area (Å²) in [7, 11) is 0. The van der Waals surface area contributed by atoms with Gasteiger partial charge in [0.1, 0.15) is 6.61 Å². The standard InChI is InChI=1S/C19H23N3O4.C3H8/c1-13(16-8-10-20-11-9-16)21-18(24)17(23)14(2)22-19(25)26-12-15-6-4-3-5-7-15;1-3-2/h3-11,13-14,17,23H,12H2,1-2H3,(H,21,24)(H,22,25);3H2,1-2H3. The van der Waals surface area contributed by atoms with Gasteiger partial charge in [-0.05, 0) is 37.1 Å². The highest BCUT2D eigenvalue weighted by atomic mass is 16.5. The van der Waals surface area contributed by atoms with E-state index in [2.05, 4.69) is 29.5 Å². The van der Waals surface area contributed by atoms with E-state index in [4.69, 9.17) is 4.74 Å². The number of alkyl carbamates (subject to hydrolysis) is 1. The van der Waals surface area contributed by atoms with Gasteiger partial charge in [0.05, 0.1) is 12.1 Å². The zero-order valence-electron chi connectivity index (χ0n) is 17.5. The fourth-order valence-electron chi connectivity index (χ4n) is 2.29. The zero-order valence-corrected chi connectivity index (χ0v) is 17.5. The molecule has 0 bridgehead atoms. The average molecular weight is 402 g/mol. The van der Waals surface area contributed by atoms with Crippen molar-refractivity contribution in [2.75, 3.05) is 0 Å². The summed E-state index contributed by atoms with van der Waals surface area (Å²) >= 11 is 0. The van der Waals surface area contributed by atoms with Gasteiger partial charge in [0.25, 0.3) is 5.91 Å². The highest BCUT2D eigenvalue weighted by Gasteiger charge is 2.25. The first-order valence-corrected chi connectivity index (χ1v) is 9.74. The molecule has 2 amide bonds. The van der Waals surface area contributed by atoms with Crippen LogP contribution in [0.3, 0.4) is 0 Å². The molecule has 0 aliphatic carbocycles. The molecule has 2 rings (SSSR count). The predicted molar refractivity (Wildman–Crippen MR) is 112 cm³/mol. The Labute approximate surface area is 172 Å². The normalized spacial score (nSPS) is 13.1. The van der Waals surface area contributed by atoms with Crippen LogP contribution in [0, 0.1) is 0 Å². The molecular formula is C22H31N3O4. The smallest absolute Gasteiger partial charge is 0.407 e. The molecule has 7 nitrogen and oxygen atoms in total. The van der Waals surface area contributed by atoms with E-state index in [0.29, 0.717) is 0 Å². The summed E-state index contributed by atoms with van der Waals surface area (Å²) in [5.74, 6) is -0.579. The molecule has 1 aromatic heterocycles. The molecular weight excluding hydrogens is 370 g/mol. The molecule has 29 heavy (non-hydrogen) atoms. The van der Waals surface area contributed by atoms with Crippen molar-refractivity contribution in [3.63, 3.8) is 0 Å². The summed E-state index contributed by atoms with van der Waals surface area (Å²) in [5, 5.41) is 15.3. The van der Waals surface area contributed by atoms with Crippen LogP contribution in [-0.2, 0) is 16.1 Å². The maximum absolute atomic E-state index is 12.2. The van der Waals surface area contributed by atoms with Crippen LogP contribution >= 0.6 is 0 Å². The van der Waals surface area contributed by atoms with Gasteiger partial charge in [0.2, 0.25) is 0 Å². The third kappa shape index (κ3) is 9.21. The van der Waals surface area contributed by atoms with Crippen LogP contribution < -0.4 is 10.6 Å². The molecule has 158 valence electrons. The molecule has 0 aliphatic heterocycles. The number of aliphatic hydroxyl groups is 1. The zero-order chi connectivity index (χ0) is 21.6. The van der Waals surface area contributed by atoms with E-state index in [0.717, 1.165) is 11.1 Å². The molecule has 0 saturated heterocycles. The fraction of sp³-hybridized carbons (Fsp3) is 0.409. The number of nitrogens with zero attached hydrogens (tertiary/aromatic N) is 1. The second-order valence-electron chi connectivity index (χ2n) is 6.66. The first-order chi connectivity index (χ1) is 13.9. The summed E-state index contributed by atoms with van der Waals surface area (Å²) < 4.78 is 5.08. The van der Waals surface area contributed by atoms with E-state index < -0.39 is 24.1 Å². The van der Waals surface area contributed by atoms with Crippen molar-refractivity contribution in [3.05, 3.63) is 66.0 Å². The van der Waals surface area contributed by atoms with E-state index >= 15 is 0 Å². The van der Waals surface area contributed by atoms with Gasteiger partial charge in [0.15, 0.2) is 6.10 Å². The lowest BCUT2D eigenvalue weighted by atomic mass is 10.1. The Balaban J connectivity index is 0.00000132. The maximum Gasteiger partial charge on any atom is 0.407 e. The average Bonchev–Trinajstić information content (AvgIpc) is 2.73. The number of hydrogen-bond donors (Lipinski definition) is 3. The Hall–Kier alpha value is -2.93. The number of carbonyl (C=O) groups excluding carboxylic acids is 2. The van der Waals surface area contributed by atoms with Gasteiger partial charge in [0, 0.05) is 12.4 Å². The maximum atomic E-state index is 12.2. The number of amides is 2. The molecule has 0 spiro atoms. The Morgan fingerprint density at radius 1 is 1.03 bits per heavy atom. The number of pyridine rings is 1. The van der Waals surface area contributed by atoms with Crippen LogP contribution in [-0.4, -0.2) is 34.2 Å². The first-order valence-electron chi connectivity index (χ1n) is 9.74. The molecule has 0 saturated carbocycles. The molecule has 3 unspecified atom stereocenters. The van der Waals surface area contributed by atoms with Gasteiger partial charge < -0.3 is 20.5 Å². The van der Waals surface area contributed by atoms with Crippen LogP contribution in [0.4, 0.5) is 4.79 Å². The third-order valence-corrected chi connectivity index (χ3v) is 3.87. The lowest BCUT2D eigenvalue weighted by Crippen LogP contribution is -2.49. The molecule has 0 radical (unpaired) electrons. The monoisotopic (exact) mass is 401 g/mol. The van der Waals surface area contributed by atoms with Crippen molar-refractivity contribution in [1.82, 2.24) is 15.6 Å². The Morgan fingerprint density at radius 3 is 2.21 bits per heavy atom. The quantitative estimate of drug-likeness (QED) is 0.661. The van der Waals surface area contributed by atoms with Crippen molar-refractivity contribution in [2.45, 2.75) is 58.9 Å². The van der Waals surface area contributed by atoms with Gasteiger partial charge in [-0.2, -0.15) is 0 Å². The Bertz CT molecular complexity index is 725. The minimum absolute atomic E-state index is 0.112. The number of hydrogen-bond acceptors (Lipinski definition) is 5. The summed E-state index contributed by atoms with van der Waals surface area (Å²) in [6.45, 7) is 7.69. The first kappa shape index (κ1) is 24.1. The molecule has 0 aliphatic rings. The second kappa shape index (κ2) is 13.3. The molecule has 1 aromatic carbocycles. The van der Waals surface area contributed by atoms with E-state index in [1.165, 1.54) is 13.3 Å². The van der Waals surface area contributed by atoms with Crippen LogP contribution in [0.1, 0.15) is 51.3 Å². The predicted octanol–water partition coefficient (Wildman–Crippen LogP) is 3.35. The lowest BCUT2D eigenvalue weighted by Gasteiger charge is -2.22. The van der Waals surface area contributed by atoms with Crippen LogP contribution in [0.25, 0.3) is 0 Å². The summed E-state index contributed by atoms with van der Waals surface area (Å²) in [5.41, 5.74) is 1.71. The summed E-state index contributed by atoms with van der Waals surface area (Å²) in [4.78, 5) is 27.9. The van der Waals surface area contributed by atoms with Crippen LogP contribution in [0.5, 0.6) is 0 Å². The van der Waals surface area contributed by atoms with Crippen molar-refractivity contribution in [3.8, 4) is 0 Å². The summed E-state index contributed by atoms with van der Waals surface area (Å²) in [6.07, 6.45) is 2.40. The fourth-order valence-corrected chi connectivity index (χ4v) is 2.29. The van der Waals surface area contributed by atoms with Crippen LogP contribution in [0.15, 0.2) is 54.9 Å². The van der Waals surface area contributed by atoms with Crippen LogP contribution in [0.2, 0.25) is 0 Å². The molecule has 3 N–H and O–H groups in total. The van der Waals surface area contributed by atoms with Gasteiger partial charge in [-0.25, -0.2) is 4.79 Å². The number of benzene rings is 1. The largest absolute Gasteiger partial charge is 0.445 e. The number of aliphatic hydroxyl groups excluding tert-OH is 1. The number of ether oxygens (including phenoxy) is 1.